The number of ketones is 1. The molecule has 9 heteroatoms. The third-order valence-electron chi connectivity index (χ3n) is 5.46. The number of nitrogens with one attached hydrogen (secondary N) is 2. The number of carboxylic acid groups (broad SMARTS) is 1. The number of rotatable bonds is 7. The summed E-state index contributed by atoms with van der Waals surface area (Å²) in [5.41, 5.74) is -1.26. The zero-order valence-corrected chi connectivity index (χ0v) is 14.0. The molecule has 23 heavy (non-hydrogen) atoms. The first kappa shape index (κ1) is 17.9. The molecule has 0 aromatic rings. The third kappa shape index (κ3) is 3.25. The second-order valence-electron chi connectivity index (χ2n) is 6.92. The Kier molecular flexibility index (Phi) is 4.55. The van der Waals surface area contributed by atoms with Gasteiger partial charge >= 0.3 is 5.97 Å². The van der Waals surface area contributed by atoms with Crippen molar-refractivity contribution < 1.29 is 27.9 Å². The van der Waals surface area contributed by atoms with Crippen molar-refractivity contribution >= 4 is 27.7 Å². The summed E-state index contributed by atoms with van der Waals surface area (Å²) in [7, 11) is -3.83. The summed E-state index contributed by atoms with van der Waals surface area (Å²) in [6, 6.07) is 0. The molecule has 2 aliphatic rings. The highest BCUT2D eigenvalue weighted by molar-refractivity contribution is 7.89. The van der Waals surface area contributed by atoms with Crippen molar-refractivity contribution in [1.29, 1.82) is 0 Å². The smallest absolute Gasteiger partial charge is 0.322 e. The third-order valence-corrected chi connectivity index (χ3v) is 6.92. The highest BCUT2D eigenvalue weighted by atomic mass is 32.2. The molecule has 2 fully saturated rings. The van der Waals surface area contributed by atoms with Gasteiger partial charge in [0, 0.05) is 11.8 Å². The van der Waals surface area contributed by atoms with Crippen LogP contribution in [0, 0.1) is 16.7 Å². The van der Waals surface area contributed by atoms with Crippen LogP contribution in [0.15, 0.2) is 0 Å². The van der Waals surface area contributed by atoms with E-state index < -0.39 is 40.4 Å². The molecular weight excluding hydrogens is 324 g/mol. The normalized spacial score (nSPS) is 28.8. The van der Waals surface area contributed by atoms with Crippen molar-refractivity contribution in [2.24, 2.45) is 16.7 Å². The lowest BCUT2D eigenvalue weighted by Crippen LogP contribution is -2.47. The maximum Gasteiger partial charge on any atom is 0.322 e. The minimum absolute atomic E-state index is 0.0144. The van der Waals surface area contributed by atoms with Crippen molar-refractivity contribution in [2.75, 3.05) is 18.8 Å². The molecule has 0 aromatic heterocycles. The molecule has 3 N–H and O–H groups in total. The molecule has 2 saturated carbocycles. The van der Waals surface area contributed by atoms with E-state index in [0.717, 1.165) is 6.42 Å². The topological polar surface area (TPSA) is 130 Å². The molecule has 130 valence electrons. The van der Waals surface area contributed by atoms with Crippen molar-refractivity contribution in [3.8, 4) is 0 Å². The Morgan fingerprint density at radius 2 is 1.96 bits per heavy atom. The summed E-state index contributed by atoms with van der Waals surface area (Å²) in [4.78, 5) is 34.1. The minimum Gasteiger partial charge on any atom is -0.480 e. The van der Waals surface area contributed by atoms with Crippen LogP contribution >= 0.6 is 0 Å². The van der Waals surface area contributed by atoms with Gasteiger partial charge in [-0.25, -0.2) is 13.1 Å². The average molecular weight is 346 g/mol. The predicted molar refractivity (Wildman–Crippen MR) is 81.0 cm³/mol. The van der Waals surface area contributed by atoms with Gasteiger partial charge in [-0.1, -0.05) is 13.8 Å². The van der Waals surface area contributed by atoms with E-state index in [4.69, 9.17) is 5.11 Å². The molecule has 0 aliphatic heterocycles. The number of carbonyl (C=O) groups excluding carboxylic acids is 2. The van der Waals surface area contributed by atoms with Crippen LogP contribution in [-0.2, 0) is 24.4 Å². The van der Waals surface area contributed by atoms with Crippen molar-refractivity contribution in [3.63, 3.8) is 0 Å². The molecule has 0 aromatic carbocycles. The van der Waals surface area contributed by atoms with Crippen LogP contribution in [0.3, 0.4) is 0 Å². The van der Waals surface area contributed by atoms with Gasteiger partial charge in [0.25, 0.3) is 0 Å². The summed E-state index contributed by atoms with van der Waals surface area (Å²) in [6.07, 6.45) is 1.81. The second-order valence-corrected chi connectivity index (χ2v) is 8.72. The van der Waals surface area contributed by atoms with Gasteiger partial charge in [-0.3, -0.25) is 14.4 Å². The molecule has 8 nitrogen and oxygen atoms in total. The van der Waals surface area contributed by atoms with Gasteiger partial charge < -0.3 is 10.4 Å². The molecule has 0 radical (unpaired) electrons. The number of hydrogen-bond acceptors (Lipinski definition) is 5. The maximum absolute atomic E-state index is 12.3. The van der Waals surface area contributed by atoms with Gasteiger partial charge in [-0.05, 0) is 24.2 Å². The molecule has 2 bridgehead atoms. The van der Waals surface area contributed by atoms with Crippen LogP contribution in [-0.4, -0.2) is 50.0 Å². The lowest BCUT2D eigenvalue weighted by Gasteiger charge is -2.36. The first-order valence-electron chi connectivity index (χ1n) is 7.49. The predicted octanol–water partition coefficient (Wildman–Crippen LogP) is -0.498. The van der Waals surface area contributed by atoms with Crippen LogP contribution < -0.4 is 10.0 Å². The molecule has 2 rings (SSSR count). The van der Waals surface area contributed by atoms with Crippen LogP contribution in [0.5, 0.6) is 0 Å². The molecule has 2 aliphatic carbocycles. The highest BCUT2D eigenvalue weighted by Gasteiger charge is 2.65. The van der Waals surface area contributed by atoms with Gasteiger partial charge in [-0.15, -0.1) is 0 Å². The van der Waals surface area contributed by atoms with E-state index in [0.29, 0.717) is 12.8 Å². The Balaban J connectivity index is 2.00. The van der Waals surface area contributed by atoms with Crippen molar-refractivity contribution in [1.82, 2.24) is 10.0 Å². The van der Waals surface area contributed by atoms with E-state index in [9.17, 15) is 22.8 Å². The van der Waals surface area contributed by atoms with Gasteiger partial charge in [0.2, 0.25) is 15.9 Å². The van der Waals surface area contributed by atoms with Gasteiger partial charge in [0.1, 0.15) is 12.3 Å². The van der Waals surface area contributed by atoms with Gasteiger partial charge in [0.15, 0.2) is 0 Å². The fourth-order valence-electron chi connectivity index (χ4n) is 3.90. The SMILES string of the molecule is CC1(C)[C@@H]2CC[C@@]1(CS(=O)(=O)NCC(=O)NCC(=O)O)C(=O)C2. The number of hydrogen-bond donors (Lipinski definition) is 3. The van der Waals surface area contributed by atoms with Gasteiger partial charge in [0.05, 0.1) is 12.3 Å². The molecule has 1 amide bonds. The van der Waals surface area contributed by atoms with Crippen molar-refractivity contribution in [2.45, 2.75) is 33.1 Å². The number of carbonyl (C=O) groups is 3. The molecular formula is C14H22N2O6S. The minimum atomic E-state index is -3.83. The van der Waals surface area contributed by atoms with E-state index in [2.05, 4.69) is 10.0 Å². The Hall–Kier alpha value is -1.48. The molecule has 0 heterocycles. The first-order chi connectivity index (χ1) is 10.5. The lowest BCUT2D eigenvalue weighted by molar-refractivity contribution is -0.137. The van der Waals surface area contributed by atoms with Crippen LogP contribution in [0.2, 0.25) is 0 Å². The molecule has 2 atom stereocenters. The van der Waals surface area contributed by atoms with Crippen LogP contribution in [0.4, 0.5) is 0 Å². The van der Waals surface area contributed by atoms with Crippen LogP contribution in [0.25, 0.3) is 0 Å². The zero-order chi connectivity index (χ0) is 17.5. The number of aliphatic carboxylic acids is 1. The molecule has 0 spiro atoms. The lowest BCUT2D eigenvalue weighted by atomic mass is 9.70. The summed E-state index contributed by atoms with van der Waals surface area (Å²) < 4.78 is 26.7. The fraction of sp³-hybridized carbons (Fsp3) is 0.786. The summed E-state index contributed by atoms with van der Waals surface area (Å²) in [6.45, 7) is 2.76. The maximum atomic E-state index is 12.3. The van der Waals surface area contributed by atoms with E-state index in [1.165, 1.54) is 0 Å². The molecule has 0 unspecified atom stereocenters. The summed E-state index contributed by atoms with van der Waals surface area (Å²) in [5, 5.41) is 10.5. The fourth-order valence-corrected chi connectivity index (χ4v) is 5.67. The monoisotopic (exact) mass is 346 g/mol. The Bertz CT molecular complexity index is 642. The largest absolute Gasteiger partial charge is 0.480 e. The Labute approximate surface area is 135 Å². The summed E-state index contributed by atoms with van der Waals surface area (Å²) in [5.74, 6) is -2.07. The number of sulfonamides is 1. The van der Waals surface area contributed by atoms with E-state index in [1.807, 2.05) is 13.8 Å². The number of fused-ring (bicyclic) bond motifs is 2. The summed E-state index contributed by atoms with van der Waals surface area (Å²) >= 11 is 0. The highest BCUT2D eigenvalue weighted by Crippen LogP contribution is 2.64. The van der Waals surface area contributed by atoms with E-state index >= 15 is 0 Å². The number of amides is 1. The van der Waals surface area contributed by atoms with Gasteiger partial charge in [-0.2, -0.15) is 0 Å². The Morgan fingerprint density at radius 3 is 2.43 bits per heavy atom. The van der Waals surface area contributed by atoms with E-state index in [1.54, 1.807) is 0 Å². The number of Topliss-reactive ketones (excluding diaryl/α,β-unsaturated/α-hetero) is 1. The van der Waals surface area contributed by atoms with Crippen molar-refractivity contribution in [3.05, 3.63) is 0 Å². The quantitative estimate of drug-likeness (QED) is 0.570. The first-order valence-corrected chi connectivity index (χ1v) is 9.14. The van der Waals surface area contributed by atoms with E-state index in [-0.39, 0.29) is 22.9 Å². The molecule has 0 saturated heterocycles. The average Bonchev–Trinajstić information content (AvgIpc) is 2.76. The zero-order valence-electron chi connectivity index (χ0n) is 13.2. The Morgan fingerprint density at radius 1 is 1.30 bits per heavy atom. The van der Waals surface area contributed by atoms with Crippen LogP contribution in [0.1, 0.15) is 33.1 Å². The number of carboxylic acids is 1. The standard InChI is InChI=1S/C14H22N2O6S/c1-13(2)9-3-4-14(13,10(17)5-9)8-23(21,22)16-6-11(18)15-7-12(19)20/h9,16H,3-8H2,1-2H3,(H,15,18)(H,19,20)/t9-,14-/m1/s1. The second kappa shape index (κ2) is 5.86.